The Kier molecular flexibility index (Phi) is 4.72. The second-order valence-electron chi connectivity index (χ2n) is 4.73. The molecule has 4 nitrogen and oxygen atoms in total. The van der Waals surface area contributed by atoms with Gasteiger partial charge >= 0.3 is 11.9 Å². The average molecular weight is 284 g/mol. The number of hydrogen-bond acceptors (Lipinski definition) is 4. The predicted molar refractivity (Wildman–Crippen MR) is 79.0 cm³/mol. The van der Waals surface area contributed by atoms with E-state index in [1.807, 2.05) is 18.2 Å². The number of carbonyl (C=O) groups is 2. The summed E-state index contributed by atoms with van der Waals surface area (Å²) in [6, 6.07) is 6.22. The third kappa shape index (κ3) is 4.18. The molecule has 0 radical (unpaired) electrons. The third-order valence-electron chi connectivity index (χ3n) is 2.89. The van der Waals surface area contributed by atoms with Crippen LogP contribution in [0.4, 0.5) is 0 Å². The molecule has 0 amide bonds. The van der Waals surface area contributed by atoms with Gasteiger partial charge in [-0.05, 0) is 43.2 Å². The van der Waals surface area contributed by atoms with Gasteiger partial charge in [0.1, 0.15) is 12.4 Å². The highest BCUT2D eigenvalue weighted by Crippen LogP contribution is 2.15. The largest absolute Gasteiger partial charge is 0.458 e. The molecule has 0 N–H and O–H groups in total. The molecule has 0 aromatic heterocycles. The number of ether oxygens (including phenoxy) is 2. The van der Waals surface area contributed by atoms with Crippen LogP contribution in [0, 0.1) is 0 Å². The summed E-state index contributed by atoms with van der Waals surface area (Å²) in [7, 11) is 0. The molecule has 0 heterocycles. The number of rotatable bonds is 5. The van der Waals surface area contributed by atoms with Crippen LogP contribution in [0.5, 0.6) is 5.75 Å². The van der Waals surface area contributed by atoms with Crippen LogP contribution < -0.4 is 4.74 Å². The minimum Gasteiger partial charge on any atom is -0.458 e. The van der Waals surface area contributed by atoms with Crippen LogP contribution in [0.1, 0.15) is 23.7 Å². The highest BCUT2D eigenvalue weighted by atomic mass is 16.5. The van der Waals surface area contributed by atoms with Crippen molar-refractivity contribution in [2.45, 2.75) is 13.3 Å². The fourth-order valence-electron chi connectivity index (χ4n) is 1.69. The molecule has 108 valence electrons. The molecule has 0 unspecified atom stereocenters. The molecule has 1 aliphatic carbocycles. The highest BCUT2D eigenvalue weighted by molar-refractivity contribution is 5.90. The molecule has 0 spiro atoms. The van der Waals surface area contributed by atoms with Crippen molar-refractivity contribution < 1.29 is 19.1 Å². The number of benzene rings is 1. The van der Waals surface area contributed by atoms with Crippen LogP contribution >= 0.6 is 0 Å². The van der Waals surface area contributed by atoms with Gasteiger partial charge in [-0.15, -0.1) is 0 Å². The highest BCUT2D eigenvalue weighted by Gasteiger charge is 2.10. The minimum atomic E-state index is -0.494. The number of allylic oxidation sites excluding steroid dienone is 3. The SMILES string of the molecule is C=C(C)C(=O)Oc1ccc(C(=O)OCC2=CC=CC2)cc1. The molecule has 1 aromatic rings. The summed E-state index contributed by atoms with van der Waals surface area (Å²) in [6.07, 6.45) is 6.71. The van der Waals surface area contributed by atoms with Gasteiger partial charge in [0.2, 0.25) is 0 Å². The van der Waals surface area contributed by atoms with E-state index in [4.69, 9.17) is 9.47 Å². The van der Waals surface area contributed by atoms with Crippen LogP contribution in [0.25, 0.3) is 0 Å². The van der Waals surface area contributed by atoms with Gasteiger partial charge in [-0.2, -0.15) is 0 Å². The van der Waals surface area contributed by atoms with Gasteiger partial charge in [0.15, 0.2) is 0 Å². The molecular weight excluding hydrogens is 268 g/mol. The third-order valence-corrected chi connectivity index (χ3v) is 2.89. The molecule has 0 saturated heterocycles. The van der Waals surface area contributed by atoms with Gasteiger partial charge in [0, 0.05) is 5.57 Å². The predicted octanol–water partition coefficient (Wildman–Crippen LogP) is 3.21. The van der Waals surface area contributed by atoms with E-state index in [0.717, 1.165) is 12.0 Å². The Labute approximate surface area is 123 Å². The van der Waals surface area contributed by atoms with Crippen molar-refractivity contribution >= 4 is 11.9 Å². The molecule has 0 saturated carbocycles. The van der Waals surface area contributed by atoms with Gasteiger partial charge in [-0.3, -0.25) is 0 Å². The molecule has 2 rings (SSSR count). The maximum Gasteiger partial charge on any atom is 0.338 e. The quantitative estimate of drug-likeness (QED) is 0.473. The van der Waals surface area contributed by atoms with E-state index < -0.39 is 11.9 Å². The van der Waals surface area contributed by atoms with Gasteiger partial charge < -0.3 is 9.47 Å². The van der Waals surface area contributed by atoms with Gasteiger partial charge in [0.05, 0.1) is 5.56 Å². The zero-order chi connectivity index (χ0) is 15.2. The molecule has 0 aliphatic heterocycles. The zero-order valence-electron chi connectivity index (χ0n) is 11.8. The Hall–Kier alpha value is -2.62. The first kappa shape index (κ1) is 14.8. The van der Waals surface area contributed by atoms with E-state index in [0.29, 0.717) is 16.9 Å². The lowest BCUT2D eigenvalue weighted by molar-refractivity contribution is -0.130. The van der Waals surface area contributed by atoms with Crippen molar-refractivity contribution in [1.29, 1.82) is 0 Å². The molecule has 0 bridgehead atoms. The molecule has 1 aliphatic rings. The number of esters is 2. The summed E-state index contributed by atoms with van der Waals surface area (Å²) in [6.45, 7) is 5.36. The van der Waals surface area contributed by atoms with Crippen molar-refractivity contribution in [1.82, 2.24) is 0 Å². The van der Waals surface area contributed by atoms with E-state index in [1.54, 1.807) is 31.2 Å². The average Bonchev–Trinajstić information content (AvgIpc) is 2.98. The van der Waals surface area contributed by atoms with E-state index in [2.05, 4.69) is 6.58 Å². The summed E-state index contributed by atoms with van der Waals surface area (Å²) in [4.78, 5) is 23.2. The molecule has 0 fully saturated rings. The standard InChI is InChI=1S/C17H16O4/c1-12(2)16(18)21-15-9-7-14(8-10-15)17(19)20-11-13-5-3-4-6-13/h3-5,7-10H,1,6,11H2,2H3. The molecule has 0 atom stereocenters. The van der Waals surface area contributed by atoms with Crippen molar-refractivity contribution in [2.24, 2.45) is 0 Å². The number of carbonyl (C=O) groups excluding carboxylic acids is 2. The Morgan fingerprint density at radius 2 is 1.95 bits per heavy atom. The van der Waals surface area contributed by atoms with Gasteiger partial charge in [-0.25, -0.2) is 9.59 Å². The molecule has 21 heavy (non-hydrogen) atoms. The second kappa shape index (κ2) is 6.70. The van der Waals surface area contributed by atoms with E-state index in [1.165, 1.54) is 0 Å². The molecule has 1 aromatic carbocycles. The normalized spacial score (nSPS) is 12.7. The lowest BCUT2D eigenvalue weighted by Crippen LogP contribution is -2.09. The van der Waals surface area contributed by atoms with E-state index >= 15 is 0 Å². The lowest BCUT2D eigenvalue weighted by Gasteiger charge is -2.07. The van der Waals surface area contributed by atoms with Crippen molar-refractivity contribution in [2.75, 3.05) is 6.61 Å². The van der Waals surface area contributed by atoms with E-state index in [-0.39, 0.29) is 6.61 Å². The first-order valence-corrected chi connectivity index (χ1v) is 6.55. The van der Waals surface area contributed by atoms with Gasteiger partial charge in [0.25, 0.3) is 0 Å². The molecule has 4 heteroatoms. The summed E-state index contributed by atoms with van der Waals surface area (Å²) < 4.78 is 10.2. The zero-order valence-corrected chi connectivity index (χ0v) is 11.8. The Bertz CT molecular complexity index is 621. The van der Waals surface area contributed by atoms with Crippen LogP contribution in [-0.2, 0) is 9.53 Å². The monoisotopic (exact) mass is 284 g/mol. The summed E-state index contributed by atoms with van der Waals surface area (Å²) in [5.41, 5.74) is 1.80. The summed E-state index contributed by atoms with van der Waals surface area (Å²) >= 11 is 0. The molecular formula is C17H16O4. The Morgan fingerprint density at radius 1 is 1.24 bits per heavy atom. The van der Waals surface area contributed by atoms with Crippen LogP contribution in [0.15, 0.2) is 60.2 Å². The van der Waals surface area contributed by atoms with Crippen molar-refractivity contribution in [3.05, 3.63) is 65.8 Å². The van der Waals surface area contributed by atoms with E-state index in [9.17, 15) is 9.59 Å². The minimum absolute atomic E-state index is 0.290. The van der Waals surface area contributed by atoms with Crippen molar-refractivity contribution in [3.63, 3.8) is 0 Å². The smallest absolute Gasteiger partial charge is 0.338 e. The fraction of sp³-hybridized carbons (Fsp3) is 0.176. The number of hydrogen-bond donors (Lipinski definition) is 0. The summed E-state index contributed by atoms with van der Waals surface area (Å²) in [5.74, 6) is -0.533. The first-order valence-electron chi connectivity index (χ1n) is 6.55. The van der Waals surface area contributed by atoms with Crippen LogP contribution in [-0.4, -0.2) is 18.5 Å². The van der Waals surface area contributed by atoms with Crippen molar-refractivity contribution in [3.8, 4) is 5.75 Å². The maximum atomic E-state index is 11.9. The maximum absolute atomic E-state index is 11.9. The topological polar surface area (TPSA) is 52.6 Å². The van der Waals surface area contributed by atoms with Crippen LogP contribution in [0.2, 0.25) is 0 Å². The lowest BCUT2D eigenvalue weighted by atomic mass is 10.2. The fourth-order valence-corrected chi connectivity index (χ4v) is 1.69. The Balaban J connectivity index is 1.90. The summed E-state index contributed by atoms with van der Waals surface area (Å²) in [5, 5.41) is 0. The first-order chi connectivity index (χ1) is 10.1. The van der Waals surface area contributed by atoms with Gasteiger partial charge in [-0.1, -0.05) is 24.8 Å². The second-order valence-corrected chi connectivity index (χ2v) is 4.73. The van der Waals surface area contributed by atoms with Crippen LogP contribution in [0.3, 0.4) is 0 Å². The Morgan fingerprint density at radius 3 is 2.52 bits per heavy atom.